The van der Waals surface area contributed by atoms with E-state index in [0.717, 1.165) is 0 Å². The zero-order valence-electron chi connectivity index (χ0n) is 14.9. The van der Waals surface area contributed by atoms with Gasteiger partial charge in [-0.05, 0) is 12.8 Å². The number of hydrogen-bond donors (Lipinski definition) is 0. The van der Waals surface area contributed by atoms with Crippen molar-refractivity contribution in [2.24, 2.45) is 0 Å². The average Bonchev–Trinajstić information content (AvgIpc) is 2.54. The molecule has 0 rings (SSSR count). The molecule has 0 aromatic heterocycles. The molecule has 0 radical (unpaired) electrons. The Balaban J connectivity index is 3.14. The van der Waals surface area contributed by atoms with Crippen LogP contribution in [0, 0.1) is 0 Å². The highest BCUT2D eigenvalue weighted by atomic mass is 14.0. The number of unbranched alkanes of at least 4 members (excludes halogenated alkanes) is 12. The Morgan fingerprint density at radius 2 is 1.00 bits per heavy atom. The van der Waals surface area contributed by atoms with Crippen molar-refractivity contribution in [3.8, 4) is 0 Å². The molecule has 0 amide bonds. The Kier molecular flexibility index (Phi) is 19.0. The Morgan fingerprint density at radius 1 is 0.545 bits per heavy atom. The summed E-state index contributed by atoms with van der Waals surface area (Å²) in [7, 11) is 0. The van der Waals surface area contributed by atoms with Gasteiger partial charge in [0, 0.05) is 0 Å². The highest BCUT2D eigenvalue weighted by Crippen LogP contribution is 2.12. The molecule has 0 saturated carbocycles. The second kappa shape index (κ2) is 20.0. The molecule has 0 N–H and O–H groups in total. The van der Waals surface area contributed by atoms with Crippen LogP contribution < -0.4 is 0 Å². The molecule has 126 valence electrons. The van der Waals surface area contributed by atoms with Gasteiger partial charge in [-0.1, -0.05) is 127 Å². The molecule has 0 aliphatic carbocycles. The predicted octanol–water partition coefficient (Wildman–Crippen LogP) is 7.93. The topological polar surface area (TPSA) is 0 Å². The first kappa shape index (κ1) is 21.0. The van der Waals surface area contributed by atoms with Crippen LogP contribution in [0.25, 0.3) is 0 Å². The lowest BCUT2D eigenvalue weighted by molar-refractivity contribution is 0.545. The summed E-state index contributed by atoms with van der Waals surface area (Å²) in [5.74, 6) is 0. The summed E-state index contributed by atoms with van der Waals surface area (Å²) in [6, 6.07) is 0. The third-order valence-electron chi connectivity index (χ3n) is 3.94. The van der Waals surface area contributed by atoms with Gasteiger partial charge in [0.05, 0.1) is 0 Å². The lowest BCUT2D eigenvalue weighted by atomic mass is 10.0. The summed E-state index contributed by atoms with van der Waals surface area (Å²) in [5.41, 5.74) is 0. The van der Waals surface area contributed by atoms with E-state index < -0.39 is 0 Å². The Bertz CT molecular complexity index is 293. The fourth-order valence-corrected chi connectivity index (χ4v) is 2.55. The van der Waals surface area contributed by atoms with E-state index >= 15 is 0 Å². The van der Waals surface area contributed by atoms with Crippen molar-refractivity contribution < 1.29 is 0 Å². The molecule has 0 atom stereocenters. The summed E-state index contributed by atoms with van der Waals surface area (Å²) in [6.45, 7) is 5.92. The van der Waals surface area contributed by atoms with Gasteiger partial charge in [0.1, 0.15) is 0 Å². The fourth-order valence-electron chi connectivity index (χ4n) is 2.55. The maximum Gasteiger partial charge on any atom is -0.0348 e. The van der Waals surface area contributed by atoms with E-state index in [1.807, 2.05) is 18.2 Å². The van der Waals surface area contributed by atoms with Gasteiger partial charge >= 0.3 is 0 Å². The summed E-state index contributed by atoms with van der Waals surface area (Å²) < 4.78 is 0. The molecule has 0 heterocycles. The SMILES string of the molecule is C=CC=CC=CC=CCCCCCCCCCCCCCC. The van der Waals surface area contributed by atoms with Crippen molar-refractivity contribution >= 4 is 0 Å². The molecule has 22 heavy (non-hydrogen) atoms. The van der Waals surface area contributed by atoms with Crippen LogP contribution in [0.4, 0.5) is 0 Å². The van der Waals surface area contributed by atoms with Gasteiger partial charge in [0.15, 0.2) is 0 Å². The minimum Gasteiger partial charge on any atom is -0.0991 e. The van der Waals surface area contributed by atoms with E-state index in [1.165, 1.54) is 83.5 Å². The first-order chi connectivity index (χ1) is 10.9. The van der Waals surface area contributed by atoms with Gasteiger partial charge in [-0.25, -0.2) is 0 Å². The van der Waals surface area contributed by atoms with Crippen LogP contribution >= 0.6 is 0 Å². The molecule has 0 saturated heterocycles. The second-order valence-corrected chi connectivity index (χ2v) is 6.11. The van der Waals surface area contributed by atoms with E-state index in [9.17, 15) is 0 Å². The van der Waals surface area contributed by atoms with Crippen LogP contribution in [0.1, 0.15) is 90.4 Å². The van der Waals surface area contributed by atoms with Crippen molar-refractivity contribution in [2.45, 2.75) is 90.4 Å². The molecule has 0 aliphatic heterocycles. The molecule has 0 aliphatic rings. The van der Waals surface area contributed by atoms with Crippen LogP contribution in [-0.4, -0.2) is 0 Å². The van der Waals surface area contributed by atoms with Crippen molar-refractivity contribution in [3.63, 3.8) is 0 Å². The van der Waals surface area contributed by atoms with Crippen LogP contribution in [0.15, 0.2) is 49.1 Å². The number of allylic oxidation sites excluding steroid dienone is 7. The molecule has 0 nitrogen and oxygen atoms in total. The fraction of sp³-hybridized carbons (Fsp3) is 0.636. The second-order valence-electron chi connectivity index (χ2n) is 6.11. The Labute approximate surface area is 140 Å². The monoisotopic (exact) mass is 302 g/mol. The maximum absolute atomic E-state index is 3.64. The molecule has 0 heteroatoms. The lowest BCUT2D eigenvalue weighted by Gasteiger charge is -2.02. The quantitative estimate of drug-likeness (QED) is 0.200. The van der Waals surface area contributed by atoms with E-state index in [1.54, 1.807) is 6.08 Å². The van der Waals surface area contributed by atoms with E-state index in [2.05, 4.69) is 31.7 Å². The predicted molar refractivity (Wildman–Crippen MR) is 103 cm³/mol. The lowest BCUT2D eigenvalue weighted by Crippen LogP contribution is -1.82. The van der Waals surface area contributed by atoms with Crippen LogP contribution in [-0.2, 0) is 0 Å². The van der Waals surface area contributed by atoms with Crippen molar-refractivity contribution in [1.29, 1.82) is 0 Å². The van der Waals surface area contributed by atoms with Gasteiger partial charge < -0.3 is 0 Å². The van der Waals surface area contributed by atoms with Crippen molar-refractivity contribution in [2.75, 3.05) is 0 Å². The Hall–Kier alpha value is -1.04. The van der Waals surface area contributed by atoms with Gasteiger partial charge in [-0.2, -0.15) is 0 Å². The molecule has 0 unspecified atom stereocenters. The molecular weight excluding hydrogens is 264 g/mol. The first-order valence-electron chi connectivity index (χ1n) is 9.52. The highest BCUT2D eigenvalue weighted by Gasteiger charge is 1.92. The maximum atomic E-state index is 3.64. The molecule has 0 bridgehead atoms. The van der Waals surface area contributed by atoms with Gasteiger partial charge in [-0.15, -0.1) is 0 Å². The molecule has 0 fully saturated rings. The largest absolute Gasteiger partial charge is 0.0991 e. The van der Waals surface area contributed by atoms with Crippen LogP contribution in [0.2, 0.25) is 0 Å². The average molecular weight is 303 g/mol. The minimum atomic E-state index is 1.22. The summed E-state index contributed by atoms with van der Waals surface area (Å²) in [6.07, 6.45) is 32.6. The van der Waals surface area contributed by atoms with E-state index in [-0.39, 0.29) is 0 Å². The minimum absolute atomic E-state index is 1.22. The van der Waals surface area contributed by atoms with Crippen LogP contribution in [0.3, 0.4) is 0 Å². The van der Waals surface area contributed by atoms with Crippen molar-refractivity contribution in [3.05, 3.63) is 49.1 Å². The summed E-state index contributed by atoms with van der Waals surface area (Å²) >= 11 is 0. The first-order valence-corrected chi connectivity index (χ1v) is 9.52. The molecule has 0 spiro atoms. The van der Waals surface area contributed by atoms with Gasteiger partial charge in [0.25, 0.3) is 0 Å². The highest BCUT2D eigenvalue weighted by molar-refractivity contribution is 5.14. The standard InChI is InChI=1S/C22H38/c1-3-5-7-9-11-13-15-17-19-21-22-20-18-16-14-12-10-8-6-4-2/h3,5,7,9,11,13,15H,1,4,6,8,10,12,14,16-22H2,2H3. The van der Waals surface area contributed by atoms with Gasteiger partial charge in [-0.3, -0.25) is 0 Å². The zero-order chi connectivity index (χ0) is 16.1. The normalized spacial score (nSPS) is 12.0. The van der Waals surface area contributed by atoms with Crippen LogP contribution in [0.5, 0.6) is 0 Å². The van der Waals surface area contributed by atoms with E-state index in [4.69, 9.17) is 0 Å². The van der Waals surface area contributed by atoms with Gasteiger partial charge in [0.2, 0.25) is 0 Å². The molecule has 0 aromatic rings. The number of rotatable bonds is 16. The summed E-state index contributed by atoms with van der Waals surface area (Å²) in [4.78, 5) is 0. The smallest absolute Gasteiger partial charge is 0.0348 e. The molecule has 0 aromatic carbocycles. The third kappa shape index (κ3) is 19.0. The molecular formula is C22H38. The summed E-state index contributed by atoms with van der Waals surface area (Å²) in [5, 5.41) is 0. The third-order valence-corrected chi connectivity index (χ3v) is 3.94. The van der Waals surface area contributed by atoms with Crippen molar-refractivity contribution in [1.82, 2.24) is 0 Å². The zero-order valence-corrected chi connectivity index (χ0v) is 14.9. The number of hydrogen-bond acceptors (Lipinski definition) is 0. The van der Waals surface area contributed by atoms with E-state index in [0.29, 0.717) is 0 Å². The Morgan fingerprint density at radius 3 is 1.55 bits per heavy atom.